The largest absolute Gasteiger partial charge is 0.386 e. The Morgan fingerprint density at radius 3 is 2.67 bits per heavy atom. The molecule has 0 spiro atoms. The average molecular weight is 290 g/mol. The van der Waals surface area contributed by atoms with Crippen molar-refractivity contribution in [3.63, 3.8) is 0 Å². The van der Waals surface area contributed by atoms with Crippen LogP contribution in [0.25, 0.3) is 0 Å². The fourth-order valence-corrected chi connectivity index (χ4v) is 5.23. The highest BCUT2D eigenvalue weighted by atomic mass is 16.3. The number of hydrogen-bond acceptors (Lipinski definition) is 1. The van der Waals surface area contributed by atoms with Gasteiger partial charge in [-0.15, -0.1) is 6.58 Å². The van der Waals surface area contributed by atoms with E-state index >= 15 is 0 Å². The zero-order valence-electron chi connectivity index (χ0n) is 14.7. The van der Waals surface area contributed by atoms with Crippen molar-refractivity contribution in [2.45, 2.75) is 78.7 Å². The number of allylic oxidation sites excluding steroid dienone is 2. The Labute approximate surface area is 131 Å². The summed E-state index contributed by atoms with van der Waals surface area (Å²) in [5.74, 6) is 1.39. The molecule has 2 rings (SSSR count). The predicted molar refractivity (Wildman–Crippen MR) is 91.1 cm³/mol. The minimum Gasteiger partial charge on any atom is -0.386 e. The van der Waals surface area contributed by atoms with E-state index in [9.17, 15) is 5.11 Å². The zero-order chi connectivity index (χ0) is 15.9. The molecule has 0 saturated heterocycles. The van der Waals surface area contributed by atoms with E-state index in [1.54, 1.807) is 11.6 Å². The second-order valence-corrected chi connectivity index (χ2v) is 8.74. The smallest absolute Gasteiger partial charge is 0.0797 e. The van der Waals surface area contributed by atoms with Crippen molar-refractivity contribution in [3.05, 3.63) is 24.3 Å². The third-order valence-corrected chi connectivity index (χ3v) is 6.68. The second kappa shape index (κ2) is 5.57. The van der Waals surface area contributed by atoms with Gasteiger partial charge in [-0.05, 0) is 68.6 Å². The highest BCUT2D eigenvalue weighted by molar-refractivity contribution is 5.18. The molecule has 120 valence electrons. The molecule has 21 heavy (non-hydrogen) atoms. The van der Waals surface area contributed by atoms with Crippen molar-refractivity contribution >= 4 is 0 Å². The van der Waals surface area contributed by atoms with Gasteiger partial charge < -0.3 is 5.11 Å². The summed E-state index contributed by atoms with van der Waals surface area (Å²) in [7, 11) is 0. The molecule has 4 atom stereocenters. The van der Waals surface area contributed by atoms with Crippen molar-refractivity contribution in [3.8, 4) is 0 Å². The quantitative estimate of drug-likeness (QED) is 0.678. The average Bonchev–Trinajstić information content (AvgIpc) is 2.36. The fraction of sp³-hybridized carbons (Fsp3) is 0.800. The Morgan fingerprint density at radius 1 is 1.38 bits per heavy atom. The van der Waals surface area contributed by atoms with Crippen molar-refractivity contribution in [1.82, 2.24) is 0 Å². The molecule has 3 unspecified atom stereocenters. The normalized spacial score (nSPS) is 38.1. The molecular weight excluding hydrogens is 256 g/mol. The molecule has 1 N–H and O–H groups in total. The summed E-state index contributed by atoms with van der Waals surface area (Å²) >= 11 is 0. The first kappa shape index (κ1) is 16.8. The van der Waals surface area contributed by atoms with E-state index < -0.39 is 5.60 Å². The van der Waals surface area contributed by atoms with Gasteiger partial charge in [0.1, 0.15) is 0 Å². The van der Waals surface area contributed by atoms with Crippen LogP contribution in [0.3, 0.4) is 0 Å². The molecule has 0 bridgehead atoms. The van der Waals surface area contributed by atoms with Crippen LogP contribution >= 0.6 is 0 Å². The molecule has 1 heteroatoms. The number of rotatable bonds is 4. The first-order valence-corrected chi connectivity index (χ1v) is 8.65. The zero-order valence-corrected chi connectivity index (χ0v) is 14.7. The van der Waals surface area contributed by atoms with Crippen molar-refractivity contribution in [1.29, 1.82) is 0 Å². The highest BCUT2D eigenvalue weighted by Gasteiger charge is 2.51. The van der Waals surface area contributed by atoms with Gasteiger partial charge in [0.15, 0.2) is 0 Å². The van der Waals surface area contributed by atoms with E-state index in [1.807, 2.05) is 6.92 Å². The Hall–Kier alpha value is -0.560. The second-order valence-electron chi connectivity index (χ2n) is 8.74. The summed E-state index contributed by atoms with van der Waals surface area (Å²) < 4.78 is 0. The number of aliphatic hydroxyl groups is 1. The summed E-state index contributed by atoms with van der Waals surface area (Å²) in [6.45, 7) is 15.4. The van der Waals surface area contributed by atoms with Crippen LogP contribution in [0.4, 0.5) is 0 Å². The third kappa shape index (κ3) is 3.13. The van der Waals surface area contributed by atoms with Crippen LogP contribution in [-0.4, -0.2) is 10.7 Å². The molecule has 1 saturated carbocycles. The molecule has 1 nitrogen and oxygen atoms in total. The van der Waals surface area contributed by atoms with E-state index in [0.717, 1.165) is 18.8 Å². The molecule has 0 radical (unpaired) electrons. The summed E-state index contributed by atoms with van der Waals surface area (Å²) in [6, 6.07) is 0. The van der Waals surface area contributed by atoms with Crippen LogP contribution in [0.5, 0.6) is 0 Å². The van der Waals surface area contributed by atoms with Gasteiger partial charge >= 0.3 is 0 Å². The van der Waals surface area contributed by atoms with Crippen LogP contribution in [0, 0.1) is 22.7 Å². The monoisotopic (exact) mass is 290 g/mol. The van der Waals surface area contributed by atoms with Gasteiger partial charge in [0.25, 0.3) is 0 Å². The van der Waals surface area contributed by atoms with E-state index in [2.05, 4.69) is 40.3 Å². The van der Waals surface area contributed by atoms with Gasteiger partial charge in [0, 0.05) is 0 Å². The maximum absolute atomic E-state index is 10.3. The van der Waals surface area contributed by atoms with Gasteiger partial charge in [0.2, 0.25) is 0 Å². The predicted octanol–water partition coefficient (Wildman–Crippen LogP) is 5.50. The Bertz CT molecular complexity index is 429. The van der Waals surface area contributed by atoms with Gasteiger partial charge in [-0.3, -0.25) is 0 Å². The molecule has 0 aliphatic heterocycles. The number of fused-ring (bicyclic) bond motifs is 1. The van der Waals surface area contributed by atoms with Crippen LogP contribution < -0.4 is 0 Å². The molecule has 0 aromatic heterocycles. The molecule has 1 fully saturated rings. The summed E-state index contributed by atoms with van der Waals surface area (Å²) in [4.78, 5) is 0. The third-order valence-electron chi connectivity index (χ3n) is 6.68. The fourth-order valence-electron chi connectivity index (χ4n) is 5.23. The van der Waals surface area contributed by atoms with Gasteiger partial charge in [0.05, 0.1) is 5.60 Å². The molecular formula is C20H34O. The maximum Gasteiger partial charge on any atom is 0.0797 e. The molecule has 0 heterocycles. The first-order chi connectivity index (χ1) is 9.62. The summed E-state index contributed by atoms with van der Waals surface area (Å²) in [5.41, 5.74) is 1.67. The van der Waals surface area contributed by atoms with Crippen LogP contribution in [-0.2, 0) is 0 Å². The van der Waals surface area contributed by atoms with Crippen LogP contribution in [0.2, 0.25) is 0 Å². The minimum absolute atomic E-state index is 0.401. The molecule has 0 aromatic carbocycles. The van der Waals surface area contributed by atoms with Gasteiger partial charge in [-0.1, -0.05) is 44.9 Å². The van der Waals surface area contributed by atoms with Crippen molar-refractivity contribution < 1.29 is 5.11 Å². The lowest BCUT2D eigenvalue weighted by molar-refractivity contribution is -0.0440. The lowest BCUT2D eigenvalue weighted by Gasteiger charge is -2.57. The van der Waals surface area contributed by atoms with E-state index in [-0.39, 0.29) is 0 Å². The summed E-state index contributed by atoms with van der Waals surface area (Å²) in [5, 5.41) is 10.3. The molecule has 0 aromatic rings. The van der Waals surface area contributed by atoms with E-state index in [0.29, 0.717) is 16.7 Å². The highest BCUT2D eigenvalue weighted by Crippen LogP contribution is 2.60. The molecule has 2 aliphatic carbocycles. The molecule has 2 aliphatic rings. The lowest BCUT2D eigenvalue weighted by atomic mass is 9.48. The minimum atomic E-state index is -0.728. The van der Waals surface area contributed by atoms with Crippen LogP contribution in [0.15, 0.2) is 24.3 Å². The Morgan fingerprint density at radius 2 is 2.05 bits per heavy atom. The SMILES string of the molecule is C=CC(C)(O)CCC1C(C)=CCC2C(C)(C)CCC[C@@]12C. The summed E-state index contributed by atoms with van der Waals surface area (Å²) in [6.07, 6.45) is 11.3. The first-order valence-electron chi connectivity index (χ1n) is 8.65. The number of hydrogen-bond donors (Lipinski definition) is 1. The Balaban J connectivity index is 2.24. The van der Waals surface area contributed by atoms with Crippen molar-refractivity contribution in [2.24, 2.45) is 22.7 Å². The molecule has 0 amide bonds. The van der Waals surface area contributed by atoms with Gasteiger partial charge in [-0.25, -0.2) is 0 Å². The lowest BCUT2D eigenvalue weighted by Crippen LogP contribution is -2.48. The van der Waals surface area contributed by atoms with E-state index in [1.165, 1.54) is 25.7 Å². The standard InChI is InChI=1S/C20H34O/c1-7-19(5,21)14-11-16-15(2)9-10-17-18(3,4)12-8-13-20(16,17)6/h7,9,16-17,21H,1,8,10-14H2,2-6H3/t16?,17?,19?,20-/m0/s1. The maximum atomic E-state index is 10.3. The van der Waals surface area contributed by atoms with Gasteiger partial charge in [-0.2, -0.15) is 0 Å². The van der Waals surface area contributed by atoms with E-state index in [4.69, 9.17) is 0 Å². The van der Waals surface area contributed by atoms with Crippen LogP contribution in [0.1, 0.15) is 73.1 Å². The Kier molecular flexibility index (Phi) is 4.46. The van der Waals surface area contributed by atoms with Crippen molar-refractivity contribution in [2.75, 3.05) is 0 Å². The topological polar surface area (TPSA) is 20.2 Å².